The number of ether oxygens (including phenoxy) is 3. The third kappa shape index (κ3) is 5.17. The van der Waals surface area contributed by atoms with Crippen molar-refractivity contribution in [3.8, 4) is 11.5 Å². The molecule has 3 aromatic rings. The van der Waals surface area contributed by atoms with Crippen LogP contribution in [-0.4, -0.2) is 39.9 Å². The van der Waals surface area contributed by atoms with Crippen molar-refractivity contribution in [1.29, 1.82) is 0 Å². The molecule has 2 heterocycles. The lowest BCUT2D eigenvalue weighted by molar-refractivity contribution is -0.139. The van der Waals surface area contributed by atoms with Crippen molar-refractivity contribution in [3.05, 3.63) is 68.8 Å². The monoisotopic (exact) mass is 541 g/mol. The van der Waals surface area contributed by atoms with Gasteiger partial charge in [0.15, 0.2) is 11.5 Å². The number of esters is 1. The summed E-state index contributed by atoms with van der Waals surface area (Å²) >= 11 is 3.64. The number of carbonyl (C=O) groups is 1. The number of unbranched alkanes of at least 4 members (excludes halogenated alkanes) is 1. The van der Waals surface area contributed by atoms with Crippen molar-refractivity contribution in [1.82, 2.24) is 20.2 Å². The number of carbonyl (C=O) groups excluding carboxylic acids is 1. The van der Waals surface area contributed by atoms with Crippen LogP contribution in [-0.2, 0) is 16.1 Å². The van der Waals surface area contributed by atoms with Gasteiger partial charge in [-0.05, 0) is 75.4 Å². The van der Waals surface area contributed by atoms with E-state index in [9.17, 15) is 4.79 Å². The molecule has 4 rings (SSSR count). The Hall–Kier alpha value is -3.40. The molecule has 1 atom stereocenters. The van der Waals surface area contributed by atoms with Gasteiger partial charge in [0.05, 0.1) is 23.8 Å². The minimum absolute atomic E-state index is 0.347. The lowest BCUT2D eigenvalue weighted by Gasteiger charge is -2.28. The molecule has 1 N–H and O–H groups in total. The Balaban J connectivity index is 1.70. The number of nitrogens with zero attached hydrogens (tertiary/aromatic N) is 4. The van der Waals surface area contributed by atoms with Crippen LogP contribution in [0.3, 0.4) is 0 Å². The molecule has 0 bridgehead atoms. The number of methoxy groups -OCH3 is 1. The second-order valence-electron chi connectivity index (χ2n) is 8.25. The number of nitrogens with one attached hydrogen (secondary N) is 1. The number of hydrogen-bond donors (Lipinski definition) is 1. The van der Waals surface area contributed by atoms with Crippen molar-refractivity contribution >= 4 is 27.8 Å². The predicted octanol–water partition coefficient (Wildman–Crippen LogP) is 4.96. The van der Waals surface area contributed by atoms with Crippen LogP contribution in [0.15, 0.2) is 52.1 Å². The van der Waals surface area contributed by atoms with Crippen molar-refractivity contribution in [2.24, 2.45) is 0 Å². The van der Waals surface area contributed by atoms with E-state index >= 15 is 0 Å². The van der Waals surface area contributed by atoms with Crippen LogP contribution in [0.2, 0.25) is 0 Å². The highest BCUT2D eigenvalue weighted by Gasteiger charge is 2.36. The number of hydrogen-bond acceptors (Lipinski definition) is 8. The van der Waals surface area contributed by atoms with Crippen molar-refractivity contribution in [2.45, 2.75) is 46.3 Å². The Morgan fingerprint density at radius 3 is 2.77 bits per heavy atom. The van der Waals surface area contributed by atoms with Gasteiger partial charge in [-0.1, -0.05) is 42.7 Å². The molecule has 1 aromatic heterocycles. The van der Waals surface area contributed by atoms with Gasteiger partial charge in [0.1, 0.15) is 12.6 Å². The van der Waals surface area contributed by atoms with E-state index in [4.69, 9.17) is 14.2 Å². The zero-order valence-electron chi connectivity index (χ0n) is 20.2. The number of fused-ring (bicyclic) bond motifs is 1. The molecule has 2 aromatic carbocycles. The first-order chi connectivity index (χ1) is 16.9. The molecule has 0 saturated heterocycles. The Bertz CT molecular complexity index is 1260. The fraction of sp³-hybridized carbons (Fsp3) is 0.360. The van der Waals surface area contributed by atoms with E-state index in [-0.39, 0.29) is 0 Å². The van der Waals surface area contributed by atoms with E-state index in [2.05, 4.69) is 36.8 Å². The summed E-state index contributed by atoms with van der Waals surface area (Å²) < 4.78 is 19.6. The van der Waals surface area contributed by atoms with Gasteiger partial charge in [-0.2, -0.15) is 4.68 Å². The quantitative estimate of drug-likeness (QED) is 0.299. The Morgan fingerprint density at radius 2 is 2.03 bits per heavy atom. The summed E-state index contributed by atoms with van der Waals surface area (Å²) in [4.78, 5) is 13.1. The lowest BCUT2D eigenvalue weighted by atomic mass is 9.95. The average Bonchev–Trinajstić information content (AvgIpc) is 3.31. The molecule has 0 saturated carbocycles. The minimum atomic E-state index is -0.606. The zero-order chi connectivity index (χ0) is 24.9. The predicted molar refractivity (Wildman–Crippen MR) is 134 cm³/mol. The fourth-order valence-corrected chi connectivity index (χ4v) is 4.51. The van der Waals surface area contributed by atoms with Crippen LogP contribution in [0.1, 0.15) is 49.4 Å². The summed E-state index contributed by atoms with van der Waals surface area (Å²) in [5, 5.41) is 15.1. The van der Waals surface area contributed by atoms with Gasteiger partial charge in [-0.25, -0.2) is 4.79 Å². The van der Waals surface area contributed by atoms with Crippen molar-refractivity contribution in [2.75, 3.05) is 19.0 Å². The second kappa shape index (κ2) is 10.9. The molecule has 0 amide bonds. The van der Waals surface area contributed by atoms with Crippen LogP contribution >= 0.6 is 15.9 Å². The minimum Gasteiger partial charge on any atom is -0.493 e. The molecule has 1 aliphatic rings. The van der Waals surface area contributed by atoms with Crippen molar-refractivity contribution < 1.29 is 19.0 Å². The maximum Gasteiger partial charge on any atom is 0.338 e. The second-order valence-corrected chi connectivity index (χ2v) is 9.11. The molecule has 0 spiro atoms. The highest BCUT2D eigenvalue weighted by atomic mass is 79.9. The summed E-state index contributed by atoms with van der Waals surface area (Å²) in [6, 6.07) is 11.2. The third-order valence-electron chi connectivity index (χ3n) is 5.87. The largest absolute Gasteiger partial charge is 0.493 e. The van der Waals surface area contributed by atoms with E-state index in [1.165, 1.54) is 0 Å². The maximum absolute atomic E-state index is 13.1. The number of benzene rings is 2. The third-order valence-corrected chi connectivity index (χ3v) is 6.45. The highest BCUT2D eigenvalue weighted by molar-refractivity contribution is 9.10. The molecule has 9 nitrogen and oxygen atoms in total. The first-order valence-corrected chi connectivity index (χ1v) is 12.2. The number of allylic oxidation sites excluding steroid dienone is 1. The molecule has 0 fully saturated rings. The average molecular weight is 542 g/mol. The van der Waals surface area contributed by atoms with E-state index in [0.717, 1.165) is 29.5 Å². The van der Waals surface area contributed by atoms with E-state index in [1.807, 2.05) is 57.2 Å². The first kappa shape index (κ1) is 24.7. The normalized spacial score (nSPS) is 14.8. The molecule has 35 heavy (non-hydrogen) atoms. The fourth-order valence-electron chi connectivity index (χ4n) is 3.93. The van der Waals surface area contributed by atoms with Gasteiger partial charge in [0.2, 0.25) is 5.95 Å². The van der Waals surface area contributed by atoms with Gasteiger partial charge in [0.25, 0.3) is 0 Å². The summed E-state index contributed by atoms with van der Waals surface area (Å²) in [5.74, 6) is 1.11. The lowest BCUT2D eigenvalue weighted by Crippen LogP contribution is -2.30. The smallest absolute Gasteiger partial charge is 0.338 e. The number of halogens is 1. The molecule has 0 radical (unpaired) electrons. The van der Waals surface area contributed by atoms with E-state index in [1.54, 1.807) is 11.8 Å². The van der Waals surface area contributed by atoms with Crippen LogP contribution < -0.4 is 14.8 Å². The Kier molecular flexibility index (Phi) is 7.70. The van der Waals surface area contributed by atoms with Gasteiger partial charge in [-0.15, -0.1) is 0 Å². The molecule has 1 aliphatic heterocycles. The van der Waals surface area contributed by atoms with Crippen LogP contribution in [0.5, 0.6) is 11.5 Å². The van der Waals surface area contributed by atoms with Gasteiger partial charge in [0, 0.05) is 5.70 Å². The van der Waals surface area contributed by atoms with E-state index in [0.29, 0.717) is 46.4 Å². The Labute approximate surface area is 212 Å². The van der Waals surface area contributed by atoms with Gasteiger partial charge < -0.3 is 19.5 Å². The number of tetrazole rings is 1. The molecule has 184 valence electrons. The number of aromatic nitrogens is 4. The summed E-state index contributed by atoms with van der Waals surface area (Å²) in [6.45, 7) is 6.64. The highest BCUT2D eigenvalue weighted by Crippen LogP contribution is 2.43. The standard InChI is InChI=1S/C25H28BrN5O4/c1-5-6-11-34-24(32)21-16(3)27-25-28-29-30-31(25)22(21)18-12-19(26)23(20(13-18)33-4)35-14-17-10-8-7-9-15(17)2/h7-10,12-13,22H,5-6,11,14H2,1-4H3,(H,27,28,30). The summed E-state index contributed by atoms with van der Waals surface area (Å²) in [6.07, 6.45) is 1.72. The number of rotatable bonds is 9. The Morgan fingerprint density at radius 1 is 1.23 bits per heavy atom. The van der Waals surface area contributed by atoms with Gasteiger partial charge >= 0.3 is 5.97 Å². The summed E-state index contributed by atoms with van der Waals surface area (Å²) in [7, 11) is 1.58. The topological polar surface area (TPSA) is 100 Å². The van der Waals surface area contributed by atoms with E-state index < -0.39 is 12.0 Å². The maximum atomic E-state index is 13.1. The SMILES string of the molecule is CCCCOC(=O)C1=C(C)Nc2nnnn2C1c1cc(Br)c(OCc2ccccc2C)c(OC)c1. The van der Waals surface area contributed by atoms with Crippen molar-refractivity contribution in [3.63, 3.8) is 0 Å². The zero-order valence-corrected chi connectivity index (χ0v) is 21.8. The first-order valence-electron chi connectivity index (χ1n) is 11.4. The molecule has 1 unspecified atom stereocenters. The summed E-state index contributed by atoms with van der Waals surface area (Å²) in [5.41, 5.74) is 4.04. The number of anilines is 1. The molecule has 0 aliphatic carbocycles. The van der Waals surface area contributed by atoms with Crippen LogP contribution in [0.25, 0.3) is 0 Å². The molecular weight excluding hydrogens is 514 g/mol. The van der Waals surface area contributed by atoms with Gasteiger partial charge in [-0.3, -0.25) is 0 Å². The molecule has 10 heteroatoms. The molecular formula is C25H28BrN5O4. The van der Waals surface area contributed by atoms with Crippen LogP contribution in [0.4, 0.5) is 5.95 Å². The number of aryl methyl sites for hydroxylation is 1. The van der Waals surface area contributed by atoms with Crippen LogP contribution in [0, 0.1) is 6.92 Å².